The van der Waals surface area contributed by atoms with E-state index in [9.17, 15) is 9.18 Å². The van der Waals surface area contributed by atoms with Crippen molar-refractivity contribution in [2.75, 3.05) is 10.6 Å². The van der Waals surface area contributed by atoms with E-state index in [0.29, 0.717) is 23.1 Å². The van der Waals surface area contributed by atoms with Crippen LogP contribution in [0.1, 0.15) is 35.8 Å². The first-order chi connectivity index (χ1) is 12.5. The lowest BCUT2D eigenvalue weighted by atomic mass is 10.0. The maximum absolute atomic E-state index is 13.3. The van der Waals surface area contributed by atoms with Crippen LogP contribution in [0.15, 0.2) is 60.9 Å². The number of carbonyl (C=O) groups excluding carboxylic acids is 1. The molecule has 1 heterocycles. The van der Waals surface area contributed by atoms with Crippen molar-refractivity contribution in [1.82, 2.24) is 9.97 Å². The highest BCUT2D eigenvalue weighted by molar-refractivity contribution is 6.03. The van der Waals surface area contributed by atoms with Crippen LogP contribution in [0.25, 0.3) is 0 Å². The van der Waals surface area contributed by atoms with Crippen LogP contribution in [0, 0.1) is 5.82 Å². The van der Waals surface area contributed by atoms with Crippen molar-refractivity contribution >= 4 is 23.1 Å². The first-order valence-electron chi connectivity index (χ1n) is 8.27. The van der Waals surface area contributed by atoms with Crippen LogP contribution in [0.4, 0.5) is 21.6 Å². The average Bonchev–Trinajstić information content (AvgIpc) is 2.62. The van der Waals surface area contributed by atoms with E-state index >= 15 is 0 Å². The number of halogens is 1. The summed E-state index contributed by atoms with van der Waals surface area (Å²) in [5.41, 5.74) is 2.65. The van der Waals surface area contributed by atoms with E-state index in [1.807, 2.05) is 24.3 Å². The highest BCUT2D eigenvalue weighted by atomic mass is 19.1. The molecule has 26 heavy (non-hydrogen) atoms. The van der Waals surface area contributed by atoms with E-state index < -0.39 is 0 Å². The lowest BCUT2D eigenvalue weighted by molar-refractivity contribution is 0.102. The first-order valence-corrected chi connectivity index (χ1v) is 8.27. The number of nitrogens with one attached hydrogen (secondary N) is 2. The topological polar surface area (TPSA) is 66.9 Å². The Morgan fingerprint density at radius 2 is 1.77 bits per heavy atom. The third-order valence-corrected chi connectivity index (χ3v) is 3.83. The van der Waals surface area contributed by atoms with Gasteiger partial charge in [-0.15, -0.1) is 0 Å². The van der Waals surface area contributed by atoms with E-state index in [1.165, 1.54) is 30.1 Å². The second-order valence-corrected chi connectivity index (χ2v) is 6.15. The second kappa shape index (κ2) is 7.74. The summed E-state index contributed by atoms with van der Waals surface area (Å²) >= 11 is 0. The number of rotatable bonds is 5. The van der Waals surface area contributed by atoms with Gasteiger partial charge in [0, 0.05) is 17.4 Å². The molecule has 2 N–H and O–H groups in total. The molecule has 0 aliphatic rings. The van der Waals surface area contributed by atoms with Gasteiger partial charge in [-0.25, -0.2) is 14.4 Å². The summed E-state index contributed by atoms with van der Waals surface area (Å²) in [7, 11) is 0. The minimum Gasteiger partial charge on any atom is -0.340 e. The Morgan fingerprint density at radius 3 is 2.46 bits per heavy atom. The van der Waals surface area contributed by atoms with Crippen molar-refractivity contribution in [1.29, 1.82) is 0 Å². The van der Waals surface area contributed by atoms with Gasteiger partial charge in [-0.2, -0.15) is 0 Å². The van der Waals surface area contributed by atoms with E-state index in [1.54, 1.807) is 12.1 Å². The molecule has 0 fully saturated rings. The maximum atomic E-state index is 13.3. The van der Waals surface area contributed by atoms with Crippen LogP contribution in [-0.4, -0.2) is 15.9 Å². The SMILES string of the molecule is CC(C)c1ccc(NC(=O)c2cc(Nc3cccc(F)c3)ncn2)cc1. The smallest absolute Gasteiger partial charge is 0.274 e. The zero-order valence-corrected chi connectivity index (χ0v) is 14.5. The minimum absolute atomic E-state index is 0.215. The largest absolute Gasteiger partial charge is 0.340 e. The molecule has 1 amide bonds. The van der Waals surface area contributed by atoms with Crippen LogP contribution in [0.2, 0.25) is 0 Å². The summed E-state index contributed by atoms with van der Waals surface area (Å²) in [4.78, 5) is 20.5. The molecular weight excluding hydrogens is 331 g/mol. The van der Waals surface area contributed by atoms with Crippen LogP contribution in [0.3, 0.4) is 0 Å². The minimum atomic E-state index is -0.355. The van der Waals surface area contributed by atoms with Crippen LogP contribution >= 0.6 is 0 Å². The Labute approximate surface area is 151 Å². The number of amides is 1. The molecule has 0 saturated carbocycles. The quantitative estimate of drug-likeness (QED) is 0.698. The van der Waals surface area contributed by atoms with Crippen molar-refractivity contribution in [3.63, 3.8) is 0 Å². The summed E-state index contributed by atoms with van der Waals surface area (Å²) in [6.45, 7) is 4.23. The Morgan fingerprint density at radius 1 is 1.00 bits per heavy atom. The zero-order valence-electron chi connectivity index (χ0n) is 14.5. The van der Waals surface area contributed by atoms with Crippen LogP contribution in [-0.2, 0) is 0 Å². The molecule has 132 valence electrons. The van der Waals surface area contributed by atoms with E-state index in [0.717, 1.165) is 0 Å². The fraction of sp³-hybridized carbons (Fsp3) is 0.150. The fourth-order valence-electron chi connectivity index (χ4n) is 2.41. The van der Waals surface area contributed by atoms with Gasteiger partial charge in [-0.05, 0) is 41.8 Å². The summed E-state index contributed by atoms with van der Waals surface area (Å²) in [5, 5.41) is 5.76. The van der Waals surface area contributed by atoms with Gasteiger partial charge in [0.05, 0.1) is 0 Å². The number of benzene rings is 2. The van der Waals surface area contributed by atoms with E-state index in [-0.39, 0.29) is 17.4 Å². The van der Waals surface area contributed by atoms with Gasteiger partial charge in [0.15, 0.2) is 0 Å². The summed E-state index contributed by atoms with van der Waals surface area (Å²) in [6, 6.07) is 15.2. The summed E-state index contributed by atoms with van der Waals surface area (Å²) < 4.78 is 13.3. The number of nitrogens with zero attached hydrogens (tertiary/aromatic N) is 2. The number of aromatic nitrogens is 2. The van der Waals surface area contributed by atoms with Crippen LogP contribution < -0.4 is 10.6 Å². The van der Waals surface area contributed by atoms with E-state index in [4.69, 9.17) is 0 Å². The highest BCUT2D eigenvalue weighted by Gasteiger charge is 2.10. The molecule has 0 spiro atoms. The molecule has 6 heteroatoms. The van der Waals surface area contributed by atoms with Crippen molar-refractivity contribution in [2.24, 2.45) is 0 Å². The van der Waals surface area contributed by atoms with Crippen molar-refractivity contribution in [2.45, 2.75) is 19.8 Å². The Kier molecular flexibility index (Phi) is 5.22. The Balaban J connectivity index is 1.71. The molecule has 1 aromatic heterocycles. The highest BCUT2D eigenvalue weighted by Crippen LogP contribution is 2.19. The molecule has 3 rings (SSSR count). The standard InChI is InChI=1S/C20H19FN4O/c1-13(2)14-6-8-16(9-7-14)25-20(26)18-11-19(23-12-22-18)24-17-5-3-4-15(21)10-17/h3-13H,1-2H3,(H,25,26)(H,22,23,24). The first kappa shape index (κ1) is 17.5. The maximum Gasteiger partial charge on any atom is 0.274 e. The molecule has 0 aliphatic heterocycles. The summed E-state index contributed by atoms with van der Waals surface area (Å²) in [5.74, 6) is 0.142. The molecule has 0 saturated heterocycles. The molecule has 0 bridgehead atoms. The van der Waals surface area contributed by atoms with Crippen molar-refractivity contribution in [3.8, 4) is 0 Å². The number of hydrogen-bond acceptors (Lipinski definition) is 4. The molecule has 3 aromatic rings. The van der Waals surface area contributed by atoms with Gasteiger partial charge in [-0.1, -0.05) is 32.0 Å². The van der Waals surface area contributed by atoms with E-state index in [2.05, 4.69) is 34.4 Å². The number of carbonyl (C=O) groups is 1. The third kappa shape index (κ3) is 4.42. The van der Waals surface area contributed by atoms with Crippen LogP contribution in [0.5, 0.6) is 0 Å². The normalized spacial score (nSPS) is 10.6. The van der Waals surface area contributed by atoms with Gasteiger partial charge in [0.1, 0.15) is 23.7 Å². The molecule has 0 radical (unpaired) electrons. The lowest BCUT2D eigenvalue weighted by Crippen LogP contribution is -2.14. The predicted molar refractivity (Wildman–Crippen MR) is 100 cm³/mol. The van der Waals surface area contributed by atoms with Gasteiger partial charge in [0.2, 0.25) is 0 Å². The van der Waals surface area contributed by atoms with Gasteiger partial charge < -0.3 is 10.6 Å². The van der Waals surface area contributed by atoms with Gasteiger partial charge >= 0.3 is 0 Å². The Bertz CT molecular complexity index is 910. The molecular formula is C20H19FN4O. The Hall–Kier alpha value is -3.28. The molecule has 0 atom stereocenters. The van der Waals surface area contributed by atoms with Crippen molar-refractivity contribution < 1.29 is 9.18 Å². The average molecular weight is 350 g/mol. The number of hydrogen-bond donors (Lipinski definition) is 2. The van der Waals surface area contributed by atoms with Gasteiger partial charge in [-0.3, -0.25) is 4.79 Å². The van der Waals surface area contributed by atoms with Gasteiger partial charge in [0.25, 0.3) is 5.91 Å². The van der Waals surface area contributed by atoms with Crippen molar-refractivity contribution in [3.05, 3.63) is 78.0 Å². The lowest BCUT2D eigenvalue weighted by Gasteiger charge is -2.09. The second-order valence-electron chi connectivity index (χ2n) is 6.15. The molecule has 5 nitrogen and oxygen atoms in total. The molecule has 0 unspecified atom stereocenters. The number of anilines is 3. The monoisotopic (exact) mass is 350 g/mol. The predicted octanol–water partition coefficient (Wildman–Crippen LogP) is 4.74. The fourth-order valence-corrected chi connectivity index (χ4v) is 2.41. The zero-order chi connectivity index (χ0) is 18.5. The summed E-state index contributed by atoms with van der Waals surface area (Å²) in [6.07, 6.45) is 1.29. The third-order valence-electron chi connectivity index (χ3n) is 3.83. The molecule has 2 aromatic carbocycles. The molecule has 0 aliphatic carbocycles.